The number of nitrogens with one attached hydrogen (secondary N) is 1. The molecule has 7 nitrogen and oxygen atoms in total. The number of hydrogen-bond acceptors (Lipinski definition) is 4. The van der Waals surface area contributed by atoms with Crippen molar-refractivity contribution in [2.75, 3.05) is 17.1 Å². The van der Waals surface area contributed by atoms with Crippen molar-refractivity contribution in [3.8, 4) is 0 Å². The molecule has 1 aliphatic rings. The number of sulfonamides is 1. The molecule has 0 aliphatic heterocycles. The summed E-state index contributed by atoms with van der Waals surface area (Å²) in [6, 6.07) is 22.1. The molecule has 0 radical (unpaired) electrons. The summed E-state index contributed by atoms with van der Waals surface area (Å²) >= 11 is 12.6. The van der Waals surface area contributed by atoms with Gasteiger partial charge in [0.15, 0.2) is 0 Å². The van der Waals surface area contributed by atoms with Crippen LogP contribution in [0.4, 0.5) is 5.69 Å². The Labute approximate surface area is 246 Å². The Balaban J connectivity index is 1.73. The molecule has 1 unspecified atom stereocenters. The van der Waals surface area contributed by atoms with Crippen molar-refractivity contribution in [3.05, 3.63) is 100 Å². The lowest BCUT2D eigenvalue weighted by Crippen LogP contribution is -2.54. The van der Waals surface area contributed by atoms with Gasteiger partial charge in [-0.25, -0.2) is 8.42 Å². The lowest BCUT2D eigenvalue weighted by Gasteiger charge is -2.34. The Morgan fingerprint density at radius 1 is 0.925 bits per heavy atom. The average molecular weight is 603 g/mol. The number of benzene rings is 3. The third-order valence-corrected chi connectivity index (χ3v) is 8.70. The molecular formula is C30H33Cl2N3O4S. The van der Waals surface area contributed by atoms with Crippen molar-refractivity contribution in [2.24, 2.45) is 0 Å². The summed E-state index contributed by atoms with van der Waals surface area (Å²) in [5.41, 5.74) is 1.79. The minimum atomic E-state index is -3.89. The monoisotopic (exact) mass is 601 g/mol. The van der Waals surface area contributed by atoms with Crippen molar-refractivity contribution < 1.29 is 18.0 Å². The molecule has 1 fully saturated rings. The van der Waals surface area contributed by atoms with Gasteiger partial charge in [-0.2, -0.15) is 0 Å². The van der Waals surface area contributed by atoms with Gasteiger partial charge in [-0.05, 0) is 48.2 Å². The van der Waals surface area contributed by atoms with E-state index in [0.29, 0.717) is 5.02 Å². The molecule has 40 heavy (non-hydrogen) atoms. The van der Waals surface area contributed by atoms with Crippen LogP contribution in [0, 0.1) is 0 Å². The highest BCUT2D eigenvalue weighted by Crippen LogP contribution is 2.28. The van der Waals surface area contributed by atoms with Gasteiger partial charge in [0.05, 0.1) is 17.0 Å². The van der Waals surface area contributed by atoms with Gasteiger partial charge >= 0.3 is 0 Å². The number of anilines is 1. The first-order valence-corrected chi connectivity index (χ1v) is 15.8. The van der Waals surface area contributed by atoms with Crippen LogP contribution in [0.3, 0.4) is 0 Å². The zero-order valence-electron chi connectivity index (χ0n) is 22.3. The second-order valence-electron chi connectivity index (χ2n) is 10.1. The van der Waals surface area contributed by atoms with Crippen molar-refractivity contribution in [3.63, 3.8) is 0 Å². The highest BCUT2D eigenvalue weighted by Gasteiger charge is 2.34. The highest BCUT2D eigenvalue weighted by atomic mass is 35.5. The fourth-order valence-corrected chi connectivity index (χ4v) is 6.36. The van der Waals surface area contributed by atoms with E-state index in [0.717, 1.165) is 47.4 Å². The third-order valence-electron chi connectivity index (χ3n) is 7.01. The van der Waals surface area contributed by atoms with E-state index < -0.39 is 28.5 Å². The molecule has 1 saturated carbocycles. The van der Waals surface area contributed by atoms with Crippen molar-refractivity contribution in [2.45, 2.75) is 50.7 Å². The number of halogens is 2. The minimum absolute atomic E-state index is 0.0459. The van der Waals surface area contributed by atoms with Crippen LogP contribution in [-0.2, 0) is 32.6 Å². The summed E-state index contributed by atoms with van der Waals surface area (Å²) in [4.78, 5) is 29.4. The van der Waals surface area contributed by atoms with Gasteiger partial charge in [0.1, 0.15) is 12.6 Å². The number of carbonyl (C=O) groups excluding carboxylic acids is 2. The molecule has 0 heterocycles. The number of carbonyl (C=O) groups is 2. The SMILES string of the molecule is CS(=O)(=O)N(CC(=O)N(Cc1cccc(Cl)c1)C(Cc1ccccc1)C(=O)NC1CCCC1)c1ccccc1Cl. The molecule has 212 valence electrons. The smallest absolute Gasteiger partial charge is 0.244 e. The standard InChI is InChI=1S/C30H33Cl2N3O4S/c1-40(38,39)35(27-17-8-7-16-26(27)32)21-29(36)34(20-23-12-9-13-24(31)18-23)28(19-22-10-3-2-4-11-22)30(37)33-25-14-5-6-15-25/h2-4,7-13,16-18,25,28H,5-6,14-15,19-21H2,1H3,(H,33,37). The number of hydrogen-bond donors (Lipinski definition) is 1. The Bertz CT molecular complexity index is 1430. The number of para-hydroxylation sites is 1. The van der Waals surface area contributed by atoms with Gasteiger partial charge in [0.25, 0.3) is 0 Å². The Hall–Kier alpha value is -3.07. The van der Waals surface area contributed by atoms with Crippen LogP contribution in [0.5, 0.6) is 0 Å². The van der Waals surface area contributed by atoms with E-state index in [4.69, 9.17) is 23.2 Å². The molecule has 0 bridgehead atoms. The Morgan fingerprint density at radius 3 is 2.23 bits per heavy atom. The molecule has 1 N–H and O–H groups in total. The molecule has 0 spiro atoms. The first-order valence-electron chi connectivity index (χ1n) is 13.2. The van der Waals surface area contributed by atoms with E-state index >= 15 is 0 Å². The molecule has 2 amide bonds. The van der Waals surface area contributed by atoms with E-state index in [9.17, 15) is 18.0 Å². The number of nitrogens with zero attached hydrogens (tertiary/aromatic N) is 2. The van der Waals surface area contributed by atoms with Crippen LogP contribution < -0.4 is 9.62 Å². The van der Waals surface area contributed by atoms with Gasteiger partial charge in [0, 0.05) is 24.0 Å². The van der Waals surface area contributed by atoms with Gasteiger partial charge in [-0.3, -0.25) is 13.9 Å². The molecule has 3 aromatic rings. The van der Waals surface area contributed by atoms with Crippen LogP contribution in [0.15, 0.2) is 78.9 Å². The molecule has 3 aromatic carbocycles. The van der Waals surface area contributed by atoms with E-state index in [1.807, 2.05) is 36.4 Å². The topological polar surface area (TPSA) is 86.8 Å². The second-order valence-corrected chi connectivity index (χ2v) is 12.8. The molecule has 0 aromatic heterocycles. The normalized spacial score (nSPS) is 14.5. The van der Waals surface area contributed by atoms with Crippen LogP contribution in [-0.4, -0.2) is 50.0 Å². The Morgan fingerprint density at radius 2 is 1.57 bits per heavy atom. The third kappa shape index (κ3) is 7.99. The van der Waals surface area contributed by atoms with Gasteiger partial charge in [0.2, 0.25) is 21.8 Å². The maximum Gasteiger partial charge on any atom is 0.244 e. The molecule has 4 rings (SSSR count). The summed E-state index contributed by atoms with van der Waals surface area (Å²) in [6.45, 7) is -0.458. The largest absolute Gasteiger partial charge is 0.352 e. The predicted octanol–water partition coefficient (Wildman–Crippen LogP) is 5.46. The summed E-state index contributed by atoms with van der Waals surface area (Å²) in [6.07, 6.45) is 5.15. The summed E-state index contributed by atoms with van der Waals surface area (Å²) in [7, 11) is -3.89. The zero-order valence-corrected chi connectivity index (χ0v) is 24.6. The number of rotatable bonds is 11. The first-order chi connectivity index (χ1) is 19.1. The number of amides is 2. The molecule has 1 aliphatic carbocycles. The van der Waals surface area contributed by atoms with E-state index in [-0.39, 0.29) is 35.6 Å². The summed E-state index contributed by atoms with van der Waals surface area (Å²) in [5.74, 6) is -0.803. The maximum atomic E-state index is 14.1. The maximum absolute atomic E-state index is 14.1. The van der Waals surface area contributed by atoms with Crippen LogP contribution in [0.2, 0.25) is 10.0 Å². The minimum Gasteiger partial charge on any atom is -0.352 e. The van der Waals surface area contributed by atoms with E-state index in [1.165, 1.54) is 4.90 Å². The highest BCUT2D eigenvalue weighted by molar-refractivity contribution is 7.92. The summed E-state index contributed by atoms with van der Waals surface area (Å²) in [5, 5.41) is 3.83. The van der Waals surface area contributed by atoms with Crippen LogP contribution >= 0.6 is 23.2 Å². The molecule has 0 saturated heterocycles. The van der Waals surface area contributed by atoms with Gasteiger partial charge in [-0.15, -0.1) is 0 Å². The lowest BCUT2D eigenvalue weighted by atomic mass is 10.0. The average Bonchev–Trinajstić information content (AvgIpc) is 3.43. The first kappa shape index (κ1) is 29.9. The Kier molecular flexibility index (Phi) is 10.1. The predicted molar refractivity (Wildman–Crippen MR) is 160 cm³/mol. The second kappa shape index (κ2) is 13.5. The quantitative estimate of drug-likeness (QED) is 0.316. The van der Waals surface area contributed by atoms with E-state index in [1.54, 1.807) is 42.5 Å². The van der Waals surface area contributed by atoms with Crippen LogP contribution in [0.25, 0.3) is 0 Å². The zero-order chi connectivity index (χ0) is 28.7. The van der Waals surface area contributed by atoms with Crippen LogP contribution in [0.1, 0.15) is 36.8 Å². The fraction of sp³-hybridized carbons (Fsp3) is 0.333. The molecular weight excluding hydrogens is 569 g/mol. The lowest BCUT2D eigenvalue weighted by molar-refractivity contribution is -0.140. The van der Waals surface area contributed by atoms with Crippen molar-refractivity contribution >= 4 is 50.7 Å². The van der Waals surface area contributed by atoms with Gasteiger partial charge < -0.3 is 10.2 Å². The van der Waals surface area contributed by atoms with Gasteiger partial charge in [-0.1, -0.05) is 90.6 Å². The molecule has 10 heteroatoms. The summed E-state index contributed by atoms with van der Waals surface area (Å²) < 4.78 is 26.7. The van der Waals surface area contributed by atoms with Crippen molar-refractivity contribution in [1.82, 2.24) is 10.2 Å². The fourth-order valence-electron chi connectivity index (χ4n) is 5.00. The van der Waals surface area contributed by atoms with E-state index in [2.05, 4.69) is 5.32 Å². The molecule has 1 atom stereocenters. The van der Waals surface area contributed by atoms with Crippen molar-refractivity contribution in [1.29, 1.82) is 0 Å².